The second-order valence-electron chi connectivity index (χ2n) is 6.62. The summed E-state index contributed by atoms with van der Waals surface area (Å²) < 4.78 is 0. The molecule has 1 aliphatic rings. The standard InChI is InChI=1S/C20H26N4O/c1-4-17(16-10-6-5-7-11-16)19(25)23-18-14(2)21-20(22-15(18)3)24-12-8-9-13-24/h5-7,10-11,17H,4,8-9,12-13H2,1-3H3,(H,23,25)/t17-/m0/s1. The zero-order valence-electron chi connectivity index (χ0n) is 15.2. The number of rotatable bonds is 5. The molecule has 1 N–H and O–H groups in total. The first-order valence-corrected chi connectivity index (χ1v) is 9.06. The van der Waals surface area contributed by atoms with Crippen LogP contribution in [-0.4, -0.2) is 29.0 Å². The van der Waals surface area contributed by atoms with E-state index in [9.17, 15) is 4.79 Å². The molecular weight excluding hydrogens is 312 g/mol. The highest BCUT2D eigenvalue weighted by molar-refractivity contribution is 5.96. The number of carbonyl (C=O) groups excluding carboxylic acids is 1. The molecule has 1 atom stereocenters. The van der Waals surface area contributed by atoms with Gasteiger partial charge in [-0.15, -0.1) is 0 Å². The van der Waals surface area contributed by atoms with Gasteiger partial charge < -0.3 is 10.2 Å². The fourth-order valence-electron chi connectivity index (χ4n) is 3.41. The SMILES string of the molecule is CC[C@H](C(=O)Nc1c(C)nc(N2CCCC2)nc1C)c1ccccc1. The van der Waals surface area contributed by atoms with E-state index in [2.05, 4.69) is 20.2 Å². The molecule has 0 spiro atoms. The molecule has 5 heteroatoms. The first kappa shape index (κ1) is 17.4. The molecule has 1 aliphatic heterocycles. The Morgan fingerprint density at radius 1 is 1.12 bits per heavy atom. The van der Waals surface area contributed by atoms with Crippen molar-refractivity contribution in [2.45, 2.75) is 46.0 Å². The van der Waals surface area contributed by atoms with Gasteiger partial charge >= 0.3 is 0 Å². The Hall–Kier alpha value is -2.43. The molecule has 1 fully saturated rings. The second-order valence-corrected chi connectivity index (χ2v) is 6.62. The van der Waals surface area contributed by atoms with Crippen LogP contribution in [0, 0.1) is 13.8 Å². The lowest BCUT2D eigenvalue weighted by Gasteiger charge is -2.20. The lowest BCUT2D eigenvalue weighted by atomic mass is 9.95. The quantitative estimate of drug-likeness (QED) is 0.900. The third kappa shape index (κ3) is 3.81. The lowest BCUT2D eigenvalue weighted by Crippen LogP contribution is -2.24. The van der Waals surface area contributed by atoms with Crippen molar-refractivity contribution in [1.82, 2.24) is 9.97 Å². The zero-order chi connectivity index (χ0) is 17.8. The Morgan fingerprint density at radius 2 is 1.72 bits per heavy atom. The molecule has 1 aromatic heterocycles. The Balaban J connectivity index is 1.81. The lowest BCUT2D eigenvalue weighted by molar-refractivity contribution is -0.117. The Bertz CT molecular complexity index is 716. The van der Waals surface area contributed by atoms with Crippen LogP contribution in [0.15, 0.2) is 30.3 Å². The Labute approximate surface area is 149 Å². The largest absolute Gasteiger partial charge is 0.341 e. The molecule has 1 aromatic carbocycles. The van der Waals surface area contributed by atoms with Crippen molar-refractivity contribution in [2.24, 2.45) is 0 Å². The molecule has 1 amide bonds. The number of nitrogens with one attached hydrogen (secondary N) is 1. The Morgan fingerprint density at radius 3 is 2.28 bits per heavy atom. The minimum atomic E-state index is -0.168. The van der Waals surface area contributed by atoms with Crippen molar-refractivity contribution in [2.75, 3.05) is 23.3 Å². The van der Waals surface area contributed by atoms with Crippen LogP contribution in [0.1, 0.15) is 49.1 Å². The number of aromatic nitrogens is 2. The number of amides is 1. The second kappa shape index (κ2) is 7.64. The highest BCUT2D eigenvalue weighted by atomic mass is 16.1. The van der Waals surface area contributed by atoms with Gasteiger partial charge in [0.05, 0.1) is 23.0 Å². The van der Waals surface area contributed by atoms with E-state index in [4.69, 9.17) is 0 Å². The van der Waals surface area contributed by atoms with Crippen LogP contribution >= 0.6 is 0 Å². The molecule has 25 heavy (non-hydrogen) atoms. The summed E-state index contributed by atoms with van der Waals surface area (Å²) >= 11 is 0. The van der Waals surface area contributed by atoms with E-state index in [1.165, 1.54) is 12.8 Å². The summed E-state index contributed by atoms with van der Waals surface area (Å²) in [5.74, 6) is 0.608. The van der Waals surface area contributed by atoms with E-state index in [0.717, 1.165) is 48.1 Å². The third-order valence-electron chi connectivity index (χ3n) is 4.82. The number of anilines is 2. The molecule has 0 aliphatic carbocycles. The summed E-state index contributed by atoms with van der Waals surface area (Å²) in [6.07, 6.45) is 3.13. The maximum atomic E-state index is 12.8. The van der Waals surface area contributed by atoms with E-state index >= 15 is 0 Å². The molecule has 5 nitrogen and oxygen atoms in total. The predicted octanol–water partition coefficient (Wildman–Crippen LogP) is 3.83. The summed E-state index contributed by atoms with van der Waals surface area (Å²) in [6.45, 7) is 7.93. The number of hydrogen-bond donors (Lipinski definition) is 1. The van der Waals surface area contributed by atoms with Crippen LogP contribution in [0.2, 0.25) is 0 Å². The summed E-state index contributed by atoms with van der Waals surface area (Å²) in [6, 6.07) is 9.90. The van der Waals surface area contributed by atoms with Gasteiger partial charge in [-0.2, -0.15) is 0 Å². The van der Waals surface area contributed by atoms with Gasteiger partial charge in [-0.25, -0.2) is 9.97 Å². The molecule has 1 saturated heterocycles. The Kier molecular flexibility index (Phi) is 5.31. The van der Waals surface area contributed by atoms with Crippen LogP contribution in [-0.2, 0) is 4.79 Å². The number of hydrogen-bond acceptors (Lipinski definition) is 4. The number of carbonyl (C=O) groups is 1. The third-order valence-corrected chi connectivity index (χ3v) is 4.82. The highest BCUT2D eigenvalue weighted by Gasteiger charge is 2.22. The van der Waals surface area contributed by atoms with E-state index in [1.54, 1.807) is 0 Å². The topological polar surface area (TPSA) is 58.1 Å². The molecule has 132 valence electrons. The molecule has 2 aromatic rings. The van der Waals surface area contributed by atoms with Crippen LogP contribution in [0.25, 0.3) is 0 Å². The zero-order valence-corrected chi connectivity index (χ0v) is 15.2. The van der Waals surface area contributed by atoms with Crippen LogP contribution in [0.5, 0.6) is 0 Å². The monoisotopic (exact) mass is 338 g/mol. The molecular formula is C20H26N4O. The van der Waals surface area contributed by atoms with Gasteiger partial charge in [-0.3, -0.25) is 4.79 Å². The minimum absolute atomic E-state index is 0.00239. The molecule has 2 heterocycles. The van der Waals surface area contributed by atoms with Crippen molar-refractivity contribution in [3.05, 3.63) is 47.3 Å². The van der Waals surface area contributed by atoms with Crippen LogP contribution in [0.3, 0.4) is 0 Å². The van der Waals surface area contributed by atoms with Gasteiger partial charge in [0.1, 0.15) is 0 Å². The fraction of sp³-hybridized carbons (Fsp3) is 0.450. The number of aryl methyl sites for hydroxylation is 2. The smallest absolute Gasteiger partial charge is 0.232 e. The maximum Gasteiger partial charge on any atom is 0.232 e. The van der Waals surface area contributed by atoms with Gasteiger partial charge in [-0.05, 0) is 38.7 Å². The maximum absolute atomic E-state index is 12.8. The molecule has 0 unspecified atom stereocenters. The summed E-state index contributed by atoms with van der Waals surface area (Å²) in [4.78, 5) is 24.3. The van der Waals surface area contributed by atoms with E-state index < -0.39 is 0 Å². The molecule has 0 radical (unpaired) electrons. The van der Waals surface area contributed by atoms with Gasteiger partial charge in [0.25, 0.3) is 0 Å². The van der Waals surface area contributed by atoms with Crippen molar-refractivity contribution >= 4 is 17.5 Å². The van der Waals surface area contributed by atoms with Crippen molar-refractivity contribution < 1.29 is 4.79 Å². The molecule has 3 rings (SSSR count). The highest BCUT2D eigenvalue weighted by Crippen LogP contribution is 2.26. The van der Waals surface area contributed by atoms with Crippen molar-refractivity contribution in [3.8, 4) is 0 Å². The fourth-order valence-corrected chi connectivity index (χ4v) is 3.41. The van der Waals surface area contributed by atoms with Gasteiger partial charge in [0.2, 0.25) is 11.9 Å². The van der Waals surface area contributed by atoms with Crippen LogP contribution < -0.4 is 10.2 Å². The van der Waals surface area contributed by atoms with E-state index in [-0.39, 0.29) is 11.8 Å². The average Bonchev–Trinajstić information content (AvgIpc) is 3.14. The number of benzene rings is 1. The summed E-state index contributed by atoms with van der Waals surface area (Å²) in [5, 5.41) is 3.06. The first-order valence-electron chi connectivity index (χ1n) is 9.06. The van der Waals surface area contributed by atoms with E-state index in [1.807, 2.05) is 51.1 Å². The van der Waals surface area contributed by atoms with Gasteiger partial charge in [-0.1, -0.05) is 37.3 Å². The van der Waals surface area contributed by atoms with Gasteiger partial charge in [0.15, 0.2) is 0 Å². The minimum Gasteiger partial charge on any atom is -0.341 e. The summed E-state index contributed by atoms with van der Waals surface area (Å²) in [5.41, 5.74) is 3.42. The van der Waals surface area contributed by atoms with Crippen molar-refractivity contribution in [3.63, 3.8) is 0 Å². The average molecular weight is 338 g/mol. The van der Waals surface area contributed by atoms with Gasteiger partial charge in [0, 0.05) is 13.1 Å². The predicted molar refractivity (Wildman–Crippen MR) is 101 cm³/mol. The molecule has 0 bridgehead atoms. The first-order chi connectivity index (χ1) is 12.1. The summed E-state index contributed by atoms with van der Waals surface area (Å²) in [7, 11) is 0. The normalized spacial score (nSPS) is 15.2. The van der Waals surface area contributed by atoms with E-state index in [0.29, 0.717) is 0 Å². The van der Waals surface area contributed by atoms with Crippen LogP contribution in [0.4, 0.5) is 11.6 Å². The number of nitrogens with zero attached hydrogens (tertiary/aromatic N) is 3. The van der Waals surface area contributed by atoms with Crippen molar-refractivity contribution in [1.29, 1.82) is 0 Å². The molecule has 0 saturated carbocycles.